The predicted molar refractivity (Wildman–Crippen MR) is 81.1 cm³/mol. The Labute approximate surface area is 127 Å². The van der Waals surface area contributed by atoms with E-state index in [-0.39, 0.29) is 24.6 Å². The lowest BCUT2D eigenvalue weighted by molar-refractivity contribution is 0.153. The average molecular weight is 304 g/mol. The third-order valence-corrected chi connectivity index (χ3v) is 3.10. The Morgan fingerprint density at radius 2 is 2.00 bits per heavy atom. The fourth-order valence-electron chi connectivity index (χ4n) is 2.01. The average Bonchev–Trinajstić information content (AvgIpc) is 2.47. The lowest BCUT2D eigenvalue weighted by atomic mass is 10.1. The summed E-state index contributed by atoms with van der Waals surface area (Å²) in [6.07, 6.45) is -1.11. The van der Waals surface area contributed by atoms with Crippen LogP contribution in [-0.2, 0) is 13.2 Å². The molecule has 2 aromatic rings. The molecule has 0 aromatic heterocycles. The normalized spacial score (nSPS) is 10.3. The molecule has 2 aromatic carbocycles. The van der Waals surface area contributed by atoms with Crippen molar-refractivity contribution >= 4 is 11.8 Å². The Morgan fingerprint density at radius 1 is 1.32 bits per heavy atom. The number of benzene rings is 2. The van der Waals surface area contributed by atoms with Gasteiger partial charge in [-0.2, -0.15) is 0 Å². The maximum atomic E-state index is 14.1. The second-order valence-electron chi connectivity index (χ2n) is 4.90. The molecule has 0 saturated heterocycles. The summed E-state index contributed by atoms with van der Waals surface area (Å²) in [5.41, 5.74) is 7.12. The Morgan fingerprint density at radius 3 is 2.64 bits per heavy atom. The summed E-state index contributed by atoms with van der Waals surface area (Å²) in [5, 5.41) is 8.94. The number of halogens is 1. The second-order valence-corrected chi connectivity index (χ2v) is 4.90. The zero-order chi connectivity index (χ0) is 16.1. The van der Waals surface area contributed by atoms with Gasteiger partial charge in [0.25, 0.3) is 0 Å². The minimum Gasteiger partial charge on any atom is -0.485 e. The van der Waals surface area contributed by atoms with Crippen LogP contribution in [0.1, 0.15) is 11.1 Å². The molecule has 0 aliphatic heterocycles. The van der Waals surface area contributed by atoms with Crippen molar-refractivity contribution in [3.63, 3.8) is 0 Å². The lowest BCUT2D eigenvalue weighted by Gasteiger charge is -2.18. The number of nitrogen functional groups attached to an aromatic ring is 1. The molecule has 2 rings (SSSR count). The van der Waals surface area contributed by atoms with Crippen molar-refractivity contribution in [1.29, 1.82) is 0 Å². The third-order valence-electron chi connectivity index (χ3n) is 3.10. The summed E-state index contributed by atoms with van der Waals surface area (Å²) in [6.45, 7) is 0.173. The van der Waals surface area contributed by atoms with Crippen molar-refractivity contribution in [3.8, 4) is 5.75 Å². The van der Waals surface area contributed by atoms with Crippen LogP contribution in [-0.4, -0.2) is 23.1 Å². The van der Waals surface area contributed by atoms with Crippen molar-refractivity contribution in [2.45, 2.75) is 13.2 Å². The highest BCUT2D eigenvalue weighted by atomic mass is 19.1. The Kier molecular flexibility index (Phi) is 4.83. The van der Waals surface area contributed by atoms with Crippen molar-refractivity contribution in [1.82, 2.24) is 4.90 Å². The maximum Gasteiger partial charge on any atom is 0.407 e. The molecule has 0 atom stereocenters. The molecule has 0 heterocycles. The zero-order valence-corrected chi connectivity index (χ0v) is 12.1. The Balaban J connectivity index is 2.23. The molecule has 1 amide bonds. The first-order valence-electron chi connectivity index (χ1n) is 6.66. The van der Waals surface area contributed by atoms with E-state index in [2.05, 4.69) is 0 Å². The summed E-state index contributed by atoms with van der Waals surface area (Å²) in [7, 11) is 1.39. The van der Waals surface area contributed by atoms with Gasteiger partial charge in [-0.3, -0.25) is 0 Å². The number of nitrogens with zero attached hydrogens (tertiary/aromatic N) is 1. The van der Waals surface area contributed by atoms with Gasteiger partial charge in [-0.1, -0.05) is 30.3 Å². The number of nitrogens with two attached hydrogens (primary N) is 1. The van der Waals surface area contributed by atoms with E-state index in [1.165, 1.54) is 13.1 Å². The molecule has 116 valence electrons. The van der Waals surface area contributed by atoms with Gasteiger partial charge in [0.1, 0.15) is 6.61 Å². The van der Waals surface area contributed by atoms with Crippen molar-refractivity contribution < 1.29 is 19.0 Å². The summed E-state index contributed by atoms with van der Waals surface area (Å²) >= 11 is 0. The largest absolute Gasteiger partial charge is 0.485 e. The number of ether oxygens (including phenoxy) is 1. The number of amides is 1. The maximum absolute atomic E-state index is 14.1. The van der Waals surface area contributed by atoms with Crippen LogP contribution in [0.5, 0.6) is 5.75 Å². The predicted octanol–water partition coefficient (Wildman–Crippen LogP) is 3.10. The van der Waals surface area contributed by atoms with E-state index in [0.717, 1.165) is 16.5 Å². The van der Waals surface area contributed by atoms with E-state index in [9.17, 15) is 9.18 Å². The smallest absolute Gasteiger partial charge is 0.407 e. The Hall–Kier alpha value is -2.76. The fourth-order valence-corrected chi connectivity index (χ4v) is 2.01. The minimum absolute atomic E-state index is 0.0125. The first-order valence-corrected chi connectivity index (χ1v) is 6.66. The van der Waals surface area contributed by atoms with Crippen LogP contribution in [0, 0.1) is 5.82 Å². The quantitative estimate of drug-likeness (QED) is 0.832. The molecular weight excluding hydrogens is 287 g/mol. The molecule has 3 N–H and O–H groups in total. The van der Waals surface area contributed by atoms with Gasteiger partial charge in [0.2, 0.25) is 0 Å². The number of rotatable bonds is 5. The topological polar surface area (TPSA) is 75.8 Å². The van der Waals surface area contributed by atoms with Crippen LogP contribution in [0.4, 0.5) is 14.9 Å². The highest BCUT2D eigenvalue weighted by Crippen LogP contribution is 2.28. The number of hydrogen-bond acceptors (Lipinski definition) is 3. The van der Waals surface area contributed by atoms with Gasteiger partial charge >= 0.3 is 6.09 Å². The molecule has 0 aliphatic rings. The van der Waals surface area contributed by atoms with Gasteiger partial charge in [0.05, 0.1) is 6.54 Å². The number of hydrogen-bond donors (Lipinski definition) is 2. The van der Waals surface area contributed by atoms with Crippen molar-refractivity contribution in [2.24, 2.45) is 0 Å². The molecular formula is C16H17FN2O3. The summed E-state index contributed by atoms with van der Waals surface area (Å²) in [5.74, 6) is -0.587. The molecule has 0 bridgehead atoms. The minimum atomic E-state index is -1.11. The molecule has 0 radical (unpaired) electrons. The van der Waals surface area contributed by atoms with E-state index in [1.807, 2.05) is 30.3 Å². The van der Waals surface area contributed by atoms with Gasteiger partial charge in [0.15, 0.2) is 11.6 Å². The number of carbonyl (C=O) groups is 1. The molecule has 6 heteroatoms. The zero-order valence-electron chi connectivity index (χ0n) is 12.1. The van der Waals surface area contributed by atoms with E-state index in [4.69, 9.17) is 15.6 Å². The summed E-state index contributed by atoms with van der Waals surface area (Å²) < 4.78 is 19.6. The highest BCUT2D eigenvalue weighted by molar-refractivity contribution is 5.65. The van der Waals surface area contributed by atoms with Crippen LogP contribution in [0.25, 0.3) is 0 Å². The first-order chi connectivity index (χ1) is 10.5. The van der Waals surface area contributed by atoms with Gasteiger partial charge in [0, 0.05) is 24.4 Å². The molecule has 0 spiro atoms. The monoisotopic (exact) mass is 304 g/mol. The first kappa shape index (κ1) is 15.6. The standard InChI is InChI=1S/C16H17FN2O3/c1-19(16(20)21)9-12-7-13(18)8-14(17)15(12)22-10-11-5-3-2-4-6-11/h2-8H,9-10,18H2,1H3,(H,20,21). The van der Waals surface area contributed by atoms with E-state index >= 15 is 0 Å². The van der Waals surface area contributed by atoms with Gasteiger partial charge in [-0.15, -0.1) is 0 Å². The molecule has 0 aliphatic carbocycles. The summed E-state index contributed by atoms with van der Waals surface area (Å²) in [6, 6.07) is 12.0. The summed E-state index contributed by atoms with van der Waals surface area (Å²) in [4.78, 5) is 12.0. The van der Waals surface area contributed by atoms with Crippen LogP contribution in [0.3, 0.4) is 0 Å². The molecule has 0 fully saturated rings. The van der Waals surface area contributed by atoms with Crippen molar-refractivity contribution in [2.75, 3.05) is 12.8 Å². The van der Waals surface area contributed by atoms with Crippen LogP contribution in [0.2, 0.25) is 0 Å². The van der Waals surface area contributed by atoms with Crippen LogP contribution in [0.15, 0.2) is 42.5 Å². The van der Waals surface area contributed by atoms with E-state index in [0.29, 0.717) is 5.56 Å². The van der Waals surface area contributed by atoms with Crippen LogP contribution < -0.4 is 10.5 Å². The number of carboxylic acid groups (broad SMARTS) is 1. The van der Waals surface area contributed by atoms with Crippen molar-refractivity contribution in [3.05, 3.63) is 59.4 Å². The second kappa shape index (κ2) is 6.80. The van der Waals surface area contributed by atoms with Crippen LogP contribution >= 0.6 is 0 Å². The van der Waals surface area contributed by atoms with Gasteiger partial charge in [-0.05, 0) is 11.6 Å². The third kappa shape index (κ3) is 3.88. The highest BCUT2D eigenvalue weighted by Gasteiger charge is 2.16. The van der Waals surface area contributed by atoms with E-state index in [1.54, 1.807) is 0 Å². The molecule has 0 saturated carbocycles. The molecule has 22 heavy (non-hydrogen) atoms. The lowest BCUT2D eigenvalue weighted by Crippen LogP contribution is -2.24. The van der Waals surface area contributed by atoms with Gasteiger partial charge < -0.3 is 20.5 Å². The fraction of sp³-hybridized carbons (Fsp3) is 0.188. The SMILES string of the molecule is CN(Cc1cc(N)cc(F)c1OCc1ccccc1)C(=O)O. The number of anilines is 1. The van der Waals surface area contributed by atoms with E-state index < -0.39 is 11.9 Å². The Bertz CT molecular complexity index is 662. The molecule has 5 nitrogen and oxygen atoms in total. The van der Waals surface area contributed by atoms with Gasteiger partial charge in [-0.25, -0.2) is 9.18 Å². The molecule has 0 unspecified atom stereocenters.